The van der Waals surface area contributed by atoms with E-state index in [9.17, 15) is 4.79 Å². The number of aryl methyl sites for hydroxylation is 1. The molecule has 4 aromatic rings. The Morgan fingerprint density at radius 2 is 2.00 bits per heavy atom. The molecule has 2 heterocycles. The van der Waals surface area contributed by atoms with Crippen LogP contribution in [0.15, 0.2) is 52.9 Å². The number of hydrogen-bond donors (Lipinski definition) is 1. The maximum atomic E-state index is 12.7. The molecule has 0 aliphatic carbocycles. The number of thiazole rings is 1. The van der Waals surface area contributed by atoms with Gasteiger partial charge in [0.25, 0.3) is 5.91 Å². The number of anilines is 1. The van der Waals surface area contributed by atoms with Gasteiger partial charge in [-0.15, -0.1) is 11.3 Å². The maximum Gasteiger partial charge on any atom is 0.293 e. The van der Waals surface area contributed by atoms with Gasteiger partial charge >= 0.3 is 0 Å². The van der Waals surface area contributed by atoms with Crippen molar-refractivity contribution in [1.29, 1.82) is 0 Å². The van der Waals surface area contributed by atoms with Crippen LogP contribution in [0.25, 0.3) is 22.2 Å². The molecule has 0 atom stereocenters. The molecule has 6 nitrogen and oxygen atoms in total. The number of benzene rings is 2. The minimum atomic E-state index is -0.348. The number of nitrogens with zero attached hydrogens (tertiary/aromatic N) is 1. The number of carbonyl (C=O) groups is 1. The monoisotopic (exact) mass is 408 g/mol. The zero-order valence-corrected chi connectivity index (χ0v) is 17.1. The minimum Gasteiger partial charge on any atom is -0.497 e. The van der Waals surface area contributed by atoms with Crippen LogP contribution in [0.5, 0.6) is 11.5 Å². The molecule has 7 heteroatoms. The highest BCUT2D eigenvalue weighted by Crippen LogP contribution is 2.33. The molecule has 2 aromatic carbocycles. The van der Waals surface area contributed by atoms with Crippen molar-refractivity contribution in [3.05, 3.63) is 59.2 Å². The molecule has 148 valence electrons. The lowest BCUT2D eigenvalue weighted by Gasteiger charge is -2.02. The van der Waals surface area contributed by atoms with Crippen LogP contribution in [0.2, 0.25) is 0 Å². The molecule has 0 saturated heterocycles. The van der Waals surface area contributed by atoms with Crippen molar-refractivity contribution in [3.63, 3.8) is 0 Å². The Balaban J connectivity index is 1.57. The van der Waals surface area contributed by atoms with Crippen molar-refractivity contribution < 1.29 is 18.7 Å². The van der Waals surface area contributed by atoms with Crippen molar-refractivity contribution in [2.24, 2.45) is 0 Å². The van der Waals surface area contributed by atoms with Gasteiger partial charge in [0.1, 0.15) is 5.75 Å². The molecule has 0 spiro atoms. The predicted molar refractivity (Wildman–Crippen MR) is 114 cm³/mol. The summed E-state index contributed by atoms with van der Waals surface area (Å²) in [6.45, 7) is 4.40. The molecule has 0 radical (unpaired) electrons. The molecule has 1 N–H and O–H groups in total. The molecule has 0 aliphatic rings. The Morgan fingerprint density at radius 3 is 2.72 bits per heavy atom. The lowest BCUT2D eigenvalue weighted by atomic mass is 10.1. The summed E-state index contributed by atoms with van der Waals surface area (Å²) in [6, 6.07) is 14.9. The third kappa shape index (κ3) is 3.82. The molecule has 1 amide bonds. The molecule has 0 saturated carbocycles. The SMILES string of the molecule is CCOc1cccc2cc(C(=O)Nc3nc(-c4ccc(OC)cc4)c(C)s3)oc12. The van der Waals surface area contributed by atoms with Crippen molar-refractivity contribution in [1.82, 2.24) is 4.98 Å². The fourth-order valence-electron chi connectivity index (χ4n) is 3.04. The number of para-hydroxylation sites is 1. The predicted octanol–water partition coefficient (Wildman–Crippen LogP) is 5.52. The van der Waals surface area contributed by atoms with Crippen molar-refractivity contribution in [2.45, 2.75) is 13.8 Å². The van der Waals surface area contributed by atoms with Gasteiger partial charge in [-0.2, -0.15) is 0 Å². The number of ether oxygens (including phenoxy) is 2. The van der Waals surface area contributed by atoms with E-state index in [1.165, 1.54) is 11.3 Å². The molecule has 0 bridgehead atoms. The number of furan rings is 1. The van der Waals surface area contributed by atoms with E-state index in [-0.39, 0.29) is 11.7 Å². The zero-order chi connectivity index (χ0) is 20.4. The average molecular weight is 408 g/mol. The van der Waals surface area contributed by atoms with Crippen molar-refractivity contribution in [2.75, 3.05) is 19.0 Å². The lowest BCUT2D eigenvalue weighted by Crippen LogP contribution is -2.10. The van der Waals surface area contributed by atoms with Gasteiger partial charge in [-0.25, -0.2) is 4.98 Å². The highest BCUT2D eigenvalue weighted by Gasteiger charge is 2.18. The zero-order valence-electron chi connectivity index (χ0n) is 16.3. The first kappa shape index (κ1) is 19.0. The van der Waals surface area contributed by atoms with E-state index >= 15 is 0 Å². The number of methoxy groups -OCH3 is 1. The molecule has 4 rings (SSSR count). The Morgan fingerprint density at radius 1 is 1.21 bits per heavy atom. The number of carbonyl (C=O) groups excluding carboxylic acids is 1. The van der Waals surface area contributed by atoms with Crippen LogP contribution in [0, 0.1) is 6.92 Å². The molecule has 0 unspecified atom stereocenters. The van der Waals surface area contributed by atoms with E-state index in [0.717, 1.165) is 27.3 Å². The van der Waals surface area contributed by atoms with E-state index in [2.05, 4.69) is 10.3 Å². The van der Waals surface area contributed by atoms with E-state index < -0.39 is 0 Å². The second kappa shape index (κ2) is 7.97. The number of rotatable bonds is 6. The van der Waals surface area contributed by atoms with Crippen LogP contribution in [0.3, 0.4) is 0 Å². The van der Waals surface area contributed by atoms with E-state index in [1.807, 2.05) is 56.3 Å². The smallest absolute Gasteiger partial charge is 0.293 e. The normalized spacial score (nSPS) is 10.9. The minimum absolute atomic E-state index is 0.214. The highest BCUT2D eigenvalue weighted by molar-refractivity contribution is 7.16. The number of amides is 1. The van der Waals surface area contributed by atoms with Crippen LogP contribution >= 0.6 is 11.3 Å². The van der Waals surface area contributed by atoms with Gasteiger partial charge in [0, 0.05) is 15.8 Å². The van der Waals surface area contributed by atoms with Gasteiger partial charge in [0.2, 0.25) is 0 Å². The lowest BCUT2D eigenvalue weighted by molar-refractivity contribution is 0.0998. The third-order valence-electron chi connectivity index (χ3n) is 4.41. The van der Waals surface area contributed by atoms with Gasteiger partial charge in [-0.3, -0.25) is 10.1 Å². The Hall–Kier alpha value is -3.32. The van der Waals surface area contributed by atoms with Gasteiger partial charge in [-0.05, 0) is 50.2 Å². The second-order valence-electron chi connectivity index (χ2n) is 6.32. The Kier molecular flexibility index (Phi) is 5.22. The van der Waals surface area contributed by atoms with E-state index in [4.69, 9.17) is 13.9 Å². The number of fused-ring (bicyclic) bond motifs is 1. The summed E-state index contributed by atoms with van der Waals surface area (Å²) in [4.78, 5) is 18.3. The first-order chi connectivity index (χ1) is 14.1. The summed E-state index contributed by atoms with van der Waals surface area (Å²) in [6.07, 6.45) is 0. The fourth-order valence-corrected chi connectivity index (χ4v) is 3.87. The maximum absolute atomic E-state index is 12.7. The molecule has 29 heavy (non-hydrogen) atoms. The standard InChI is InChI=1S/C22H20N2O4S/c1-4-27-17-7-5-6-15-12-18(28-20(15)17)21(25)24-22-23-19(13(2)29-22)14-8-10-16(26-3)11-9-14/h5-12H,4H2,1-3H3,(H,23,24,25). The van der Waals surface area contributed by atoms with Gasteiger partial charge in [0.05, 0.1) is 19.4 Å². The molecular formula is C22H20N2O4S. The first-order valence-electron chi connectivity index (χ1n) is 9.17. The molecular weight excluding hydrogens is 388 g/mol. The first-order valence-corrected chi connectivity index (χ1v) is 9.99. The molecule has 0 fully saturated rings. The van der Waals surface area contributed by atoms with Gasteiger partial charge < -0.3 is 13.9 Å². The van der Waals surface area contributed by atoms with Crippen LogP contribution in [-0.2, 0) is 0 Å². The number of nitrogens with one attached hydrogen (secondary N) is 1. The van der Waals surface area contributed by atoms with E-state index in [1.54, 1.807) is 13.2 Å². The summed E-state index contributed by atoms with van der Waals surface area (Å²) in [5.41, 5.74) is 2.36. The van der Waals surface area contributed by atoms with Crippen molar-refractivity contribution >= 4 is 33.3 Å². The summed E-state index contributed by atoms with van der Waals surface area (Å²) < 4.78 is 16.5. The van der Waals surface area contributed by atoms with E-state index in [0.29, 0.717) is 23.1 Å². The van der Waals surface area contributed by atoms with Crippen LogP contribution in [0.1, 0.15) is 22.4 Å². The summed E-state index contributed by atoms with van der Waals surface area (Å²) in [5, 5.41) is 4.17. The Labute approximate surface area is 172 Å². The fraction of sp³-hybridized carbons (Fsp3) is 0.182. The summed E-state index contributed by atoms with van der Waals surface area (Å²) in [7, 11) is 1.63. The number of aromatic nitrogens is 1. The molecule has 2 aromatic heterocycles. The topological polar surface area (TPSA) is 73.6 Å². The Bertz CT molecular complexity index is 1160. The highest BCUT2D eigenvalue weighted by atomic mass is 32.1. The third-order valence-corrected chi connectivity index (χ3v) is 5.30. The van der Waals surface area contributed by atoms with Gasteiger partial charge in [-0.1, -0.05) is 12.1 Å². The van der Waals surface area contributed by atoms with Crippen LogP contribution in [0.4, 0.5) is 5.13 Å². The summed E-state index contributed by atoms with van der Waals surface area (Å²) >= 11 is 1.42. The molecule has 0 aliphatic heterocycles. The largest absolute Gasteiger partial charge is 0.497 e. The van der Waals surface area contributed by atoms with Crippen LogP contribution < -0.4 is 14.8 Å². The summed E-state index contributed by atoms with van der Waals surface area (Å²) in [5.74, 6) is 1.27. The van der Waals surface area contributed by atoms with Crippen LogP contribution in [-0.4, -0.2) is 24.6 Å². The second-order valence-corrected chi connectivity index (χ2v) is 7.53. The number of hydrogen-bond acceptors (Lipinski definition) is 6. The van der Waals surface area contributed by atoms with Gasteiger partial charge in [0.15, 0.2) is 22.2 Å². The average Bonchev–Trinajstić information content (AvgIpc) is 3.32. The van der Waals surface area contributed by atoms with Crippen molar-refractivity contribution in [3.8, 4) is 22.8 Å². The quantitative estimate of drug-likeness (QED) is 0.454.